The van der Waals surface area contributed by atoms with Crippen molar-refractivity contribution in [2.45, 2.75) is 18.9 Å². The van der Waals surface area contributed by atoms with Gasteiger partial charge in [-0.15, -0.1) is 11.3 Å². The Morgan fingerprint density at radius 2 is 2.29 bits per heavy atom. The van der Waals surface area contributed by atoms with E-state index in [1.807, 2.05) is 5.38 Å². The van der Waals surface area contributed by atoms with Gasteiger partial charge < -0.3 is 9.64 Å². The largest absolute Gasteiger partial charge is 0.381 e. The molecule has 0 aromatic carbocycles. The number of aromatic nitrogens is 1. The third kappa shape index (κ3) is 2.27. The van der Waals surface area contributed by atoms with Gasteiger partial charge in [-0.1, -0.05) is 0 Å². The number of rotatable bonds is 2. The quantitative estimate of drug-likeness (QED) is 0.830. The van der Waals surface area contributed by atoms with Crippen molar-refractivity contribution < 1.29 is 4.74 Å². The predicted octanol–water partition coefficient (Wildman–Crippen LogP) is 2.52. The lowest BCUT2D eigenvalue weighted by Crippen LogP contribution is -2.36. The fourth-order valence-electron chi connectivity index (χ4n) is 1.67. The predicted molar refractivity (Wildman–Crippen MR) is 62.1 cm³/mol. The van der Waals surface area contributed by atoms with Crippen molar-refractivity contribution in [3.63, 3.8) is 0 Å². The SMILES string of the molecule is COC1CCN(c2nc(Br)cs2)CC1. The van der Waals surface area contributed by atoms with Gasteiger partial charge in [0.1, 0.15) is 4.60 Å². The van der Waals surface area contributed by atoms with Crippen LogP contribution >= 0.6 is 27.3 Å². The van der Waals surface area contributed by atoms with Gasteiger partial charge in [0.15, 0.2) is 5.13 Å². The van der Waals surface area contributed by atoms with Crippen LogP contribution in [0, 0.1) is 0 Å². The van der Waals surface area contributed by atoms with Crippen molar-refractivity contribution in [3.8, 4) is 0 Å². The average molecular weight is 277 g/mol. The molecule has 0 atom stereocenters. The maximum Gasteiger partial charge on any atom is 0.186 e. The highest BCUT2D eigenvalue weighted by Gasteiger charge is 2.20. The number of nitrogens with zero attached hydrogens (tertiary/aromatic N) is 2. The first-order chi connectivity index (χ1) is 6.79. The van der Waals surface area contributed by atoms with Gasteiger partial charge >= 0.3 is 0 Å². The second-order valence-corrected chi connectivity index (χ2v) is 5.02. The molecule has 3 nitrogen and oxygen atoms in total. The summed E-state index contributed by atoms with van der Waals surface area (Å²) < 4.78 is 6.26. The van der Waals surface area contributed by atoms with Crippen molar-refractivity contribution in [3.05, 3.63) is 9.98 Å². The van der Waals surface area contributed by atoms with Gasteiger partial charge in [0.2, 0.25) is 0 Å². The van der Waals surface area contributed by atoms with Gasteiger partial charge in [0, 0.05) is 25.6 Å². The zero-order valence-corrected chi connectivity index (χ0v) is 10.5. The molecule has 2 heterocycles. The fourth-order valence-corrected chi connectivity index (χ4v) is 2.98. The van der Waals surface area contributed by atoms with Crippen LogP contribution in [0.5, 0.6) is 0 Å². The van der Waals surface area contributed by atoms with Crippen LogP contribution in [-0.2, 0) is 4.74 Å². The zero-order valence-electron chi connectivity index (χ0n) is 8.07. The molecular formula is C9H13BrN2OS. The summed E-state index contributed by atoms with van der Waals surface area (Å²) in [6.45, 7) is 2.11. The molecule has 0 saturated carbocycles. The van der Waals surface area contributed by atoms with Crippen LogP contribution < -0.4 is 4.90 Å². The first kappa shape index (κ1) is 10.4. The third-order valence-corrected chi connectivity index (χ3v) is 4.12. The van der Waals surface area contributed by atoms with Crippen molar-refractivity contribution in [1.82, 2.24) is 4.98 Å². The summed E-state index contributed by atoms with van der Waals surface area (Å²) in [5, 5.41) is 3.14. The maximum absolute atomic E-state index is 5.33. The smallest absolute Gasteiger partial charge is 0.186 e. The second-order valence-electron chi connectivity index (χ2n) is 3.37. The maximum atomic E-state index is 5.33. The van der Waals surface area contributed by atoms with E-state index in [0.29, 0.717) is 6.10 Å². The molecule has 1 aliphatic rings. The van der Waals surface area contributed by atoms with Gasteiger partial charge in [-0.05, 0) is 28.8 Å². The van der Waals surface area contributed by atoms with Crippen LogP contribution in [0.25, 0.3) is 0 Å². The summed E-state index contributed by atoms with van der Waals surface area (Å²) in [6, 6.07) is 0. The van der Waals surface area contributed by atoms with Crippen LogP contribution in [0.3, 0.4) is 0 Å². The summed E-state index contributed by atoms with van der Waals surface area (Å²) in [6.07, 6.45) is 2.65. The summed E-state index contributed by atoms with van der Waals surface area (Å²) in [7, 11) is 1.79. The van der Waals surface area contributed by atoms with E-state index in [1.54, 1.807) is 18.4 Å². The Morgan fingerprint density at radius 3 is 2.79 bits per heavy atom. The molecule has 0 N–H and O–H groups in total. The molecule has 1 fully saturated rings. The summed E-state index contributed by atoms with van der Waals surface area (Å²) >= 11 is 5.06. The van der Waals surface area contributed by atoms with E-state index in [1.165, 1.54) is 0 Å². The zero-order chi connectivity index (χ0) is 9.97. The summed E-state index contributed by atoms with van der Waals surface area (Å²) in [5.41, 5.74) is 0. The highest BCUT2D eigenvalue weighted by molar-refractivity contribution is 9.10. The molecule has 0 aliphatic carbocycles. The Balaban J connectivity index is 1.95. The third-order valence-electron chi connectivity index (χ3n) is 2.51. The minimum atomic E-state index is 0.439. The van der Waals surface area contributed by atoms with Crippen LogP contribution in [0.1, 0.15) is 12.8 Å². The molecule has 78 valence electrons. The van der Waals surface area contributed by atoms with Crippen molar-refractivity contribution >= 4 is 32.4 Å². The standard InChI is InChI=1S/C9H13BrN2OS/c1-13-7-2-4-12(5-3-7)9-11-8(10)6-14-9/h6-7H,2-5H2,1H3. The first-order valence-corrected chi connectivity index (χ1v) is 6.35. The molecule has 5 heteroatoms. The van der Waals surface area contributed by atoms with E-state index >= 15 is 0 Å². The summed E-state index contributed by atoms with van der Waals surface area (Å²) in [4.78, 5) is 6.73. The average Bonchev–Trinajstić information content (AvgIpc) is 2.65. The fraction of sp³-hybridized carbons (Fsp3) is 0.667. The number of thiazole rings is 1. The normalized spacial score (nSPS) is 18.9. The number of halogens is 1. The van der Waals surface area contributed by atoms with Gasteiger partial charge in [-0.2, -0.15) is 0 Å². The molecule has 1 saturated heterocycles. The second kappa shape index (κ2) is 4.59. The van der Waals surface area contributed by atoms with Crippen LogP contribution in [0.4, 0.5) is 5.13 Å². The number of methoxy groups -OCH3 is 1. The number of hydrogen-bond donors (Lipinski definition) is 0. The van der Waals surface area contributed by atoms with Crippen LogP contribution in [0.15, 0.2) is 9.98 Å². The van der Waals surface area contributed by atoms with E-state index in [9.17, 15) is 0 Å². The van der Waals surface area contributed by atoms with Gasteiger partial charge in [0.25, 0.3) is 0 Å². The molecule has 0 bridgehead atoms. The minimum absolute atomic E-state index is 0.439. The lowest BCUT2D eigenvalue weighted by atomic mass is 10.1. The van der Waals surface area contributed by atoms with Crippen LogP contribution in [0.2, 0.25) is 0 Å². The van der Waals surface area contributed by atoms with Crippen molar-refractivity contribution in [2.75, 3.05) is 25.1 Å². The highest BCUT2D eigenvalue weighted by Crippen LogP contribution is 2.26. The lowest BCUT2D eigenvalue weighted by Gasteiger charge is -2.30. The Morgan fingerprint density at radius 1 is 1.57 bits per heavy atom. The number of anilines is 1. The number of piperidine rings is 1. The Bertz CT molecular complexity index is 297. The lowest BCUT2D eigenvalue weighted by molar-refractivity contribution is 0.0819. The highest BCUT2D eigenvalue weighted by atomic mass is 79.9. The molecule has 1 aromatic rings. The Hall–Kier alpha value is -0.130. The van der Waals surface area contributed by atoms with E-state index in [0.717, 1.165) is 35.7 Å². The number of hydrogen-bond acceptors (Lipinski definition) is 4. The molecule has 0 spiro atoms. The van der Waals surface area contributed by atoms with Gasteiger partial charge in [-0.3, -0.25) is 0 Å². The summed E-state index contributed by atoms with van der Waals surface area (Å²) in [5.74, 6) is 0. The Labute approximate surface area is 96.2 Å². The first-order valence-electron chi connectivity index (χ1n) is 4.68. The van der Waals surface area contributed by atoms with Crippen molar-refractivity contribution in [1.29, 1.82) is 0 Å². The van der Waals surface area contributed by atoms with Crippen LogP contribution in [-0.4, -0.2) is 31.3 Å². The Kier molecular flexibility index (Phi) is 3.41. The molecule has 0 unspecified atom stereocenters. The number of ether oxygens (including phenoxy) is 1. The molecule has 1 aliphatic heterocycles. The molecule has 14 heavy (non-hydrogen) atoms. The van der Waals surface area contributed by atoms with Gasteiger partial charge in [-0.25, -0.2) is 4.98 Å². The van der Waals surface area contributed by atoms with Crippen molar-refractivity contribution in [2.24, 2.45) is 0 Å². The molecular weight excluding hydrogens is 264 g/mol. The van der Waals surface area contributed by atoms with Gasteiger partial charge in [0.05, 0.1) is 6.10 Å². The molecule has 0 amide bonds. The molecule has 1 aromatic heterocycles. The van der Waals surface area contributed by atoms with E-state index in [4.69, 9.17) is 4.74 Å². The molecule has 2 rings (SSSR count). The molecule has 0 radical (unpaired) electrons. The van der Waals surface area contributed by atoms with E-state index in [2.05, 4.69) is 25.8 Å². The van der Waals surface area contributed by atoms with E-state index in [-0.39, 0.29) is 0 Å². The topological polar surface area (TPSA) is 25.4 Å². The monoisotopic (exact) mass is 276 g/mol. The van der Waals surface area contributed by atoms with E-state index < -0.39 is 0 Å². The minimum Gasteiger partial charge on any atom is -0.381 e.